The molecule has 0 spiro atoms. The summed E-state index contributed by atoms with van der Waals surface area (Å²) in [6.45, 7) is 10.7. The fourth-order valence-corrected chi connectivity index (χ4v) is 2.77. The van der Waals surface area contributed by atoms with Gasteiger partial charge in [0.25, 0.3) is 0 Å². The largest absolute Gasteiger partial charge is 0.338 e. The van der Waals surface area contributed by atoms with E-state index in [0.717, 1.165) is 50.7 Å². The first-order valence-corrected chi connectivity index (χ1v) is 7.94. The quantitative estimate of drug-likeness (QED) is 0.791. The molecule has 5 heteroatoms. The van der Waals surface area contributed by atoms with E-state index in [1.165, 1.54) is 12.8 Å². The summed E-state index contributed by atoms with van der Waals surface area (Å²) < 4.78 is 5.38. The zero-order chi connectivity index (χ0) is 14.4. The van der Waals surface area contributed by atoms with Crippen LogP contribution in [0, 0.1) is 5.92 Å². The summed E-state index contributed by atoms with van der Waals surface area (Å²) in [7, 11) is 0. The van der Waals surface area contributed by atoms with Crippen LogP contribution in [0.3, 0.4) is 0 Å². The lowest BCUT2D eigenvalue weighted by Crippen LogP contribution is -2.37. The van der Waals surface area contributed by atoms with E-state index in [4.69, 9.17) is 4.52 Å². The van der Waals surface area contributed by atoms with Crippen LogP contribution in [0.5, 0.6) is 0 Å². The number of rotatable bonds is 8. The van der Waals surface area contributed by atoms with Gasteiger partial charge < -0.3 is 9.84 Å². The summed E-state index contributed by atoms with van der Waals surface area (Å²) in [5.41, 5.74) is 0. The van der Waals surface area contributed by atoms with Crippen LogP contribution in [0.1, 0.15) is 51.7 Å². The molecule has 1 aromatic heterocycles. The van der Waals surface area contributed by atoms with Crippen molar-refractivity contribution in [2.45, 2.75) is 59.0 Å². The molecule has 2 rings (SSSR count). The van der Waals surface area contributed by atoms with Gasteiger partial charge >= 0.3 is 0 Å². The second kappa shape index (κ2) is 7.74. The summed E-state index contributed by atoms with van der Waals surface area (Å²) in [5.74, 6) is 2.16. The standard InChI is InChI=1S/C15H28N4O/c1-4-8-19(10-13-6-5-7-16-13)11-15-17-14(18-20-15)9-12(2)3/h12-13,16H,4-11H2,1-3H3. The Kier molecular flexibility index (Phi) is 5.98. The third kappa shape index (κ3) is 4.87. The van der Waals surface area contributed by atoms with Gasteiger partial charge in [-0.15, -0.1) is 0 Å². The van der Waals surface area contributed by atoms with Gasteiger partial charge in [-0.3, -0.25) is 4.90 Å². The average molecular weight is 280 g/mol. The summed E-state index contributed by atoms with van der Waals surface area (Å²) in [6, 6.07) is 0.625. The van der Waals surface area contributed by atoms with Crippen LogP contribution >= 0.6 is 0 Å². The van der Waals surface area contributed by atoms with E-state index in [9.17, 15) is 0 Å². The monoisotopic (exact) mass is 280 g/mol. The van der Waals surface area contributed by atoms with Gasteiger partial charge in [0.05, 0.1) is 6.54 Å². The van der Waals surface area contributed by atoms with Gasteiger partial charge in [-0.25, -0.2) is 0 Å². The van der Waals surface area contributed by atoms with Gasteiger partial charge in [-0.05, 0) is 38.3 Å². The minimum absolute atomic E-state index is 0.565. The Morgan fingerprint density at radius 2 is 2.30 bits per heavy atom. The van der Waals surface area contributed by atoms with Gasteiger partial charge in [0.1, 0.15) is 0 Å². The molecule has 20 heavy (non-hydrogen) atoms. The maximum atomic E-state index is 5.38. The molecule has 0 amide bonds. The van der Waals surface area contributed by atoms with Crippen LogP contribution in [0.25, 0.3) is 0 Å². The van der Waals surface area contributed by atoms with Gasteiger partial charge in [0.15, 0.2) is 5.82 Å². The van der Waals surface area contributed by atoms with E-state index in [1.807, 2.05) is 0 Å². The Hall–Kier alpha value is -0.940. The van der Waals surface area contributed by atoms with Crippen LogP contribution in [0.4, 0.5) is 0 Å². The molecule has 5 nitrogen and oxygen atoms in total. The van der Waals surface area contributed by atoms with E-state index >= 15 is 0 Å². The molecule has 0 aromatic carbocycles. The van der Waals surface area contributed by atoms with Crippen molar-refractivity contribution in [1.82, 2.24) is 20.4 Å². The molecule has 2 heterocycles. The van der Waals surface area contributed by atoms with Crippen molar-refractivity contribution in [2.75, 3.05) is 19.6 Å². The molecule has 1 fully saturated rings. The first-order valence-electron chi connectivity index (χ1n) is 7.94. The smallest absolute Gasteiger partial charge is 0.240 e. The molecule has 0 saturated carbocycles. The van der Waals surface area contributed by atoms with Crippen molar-refractivity contribution in [2.24, 2.45) is 5.92 Å². The second-order valence-corrected chi connectivity index (χ2v) is 6.23. The van der Waals surface area contributed by atoms with Gasteiger partial charge in [0, 0.05) is 19.0 Å². The highest BCUT2D eigenvalue weighted by Crippen LogP contribution is 2.11. The maximum Gasteiger partial charge on any atom is 0.240 e. The number of hydrogen-bond donors (Lipinski definition) is 1. The Bertz CT molecular complexity index is 385. The van der Waals surface area contributed by atoms with Crippen LogP contribution in [-0.4, -0.2) is 40.7 Å². The van der Waals surface area contributed by atoms with Crippen molar-refractivity contribution in [1.29, 1.82) is 0 Å². The minimum atomic E-state index is 0.565. The van der Waals surface area contributed by atoms with E-state index < -0.39 is 0 Å². The Morgan fingerprint density at radius 1 is 1.45 bits per heavy atom. The maximum absolute atomic E-state index is 5.38. The number of hydrogen-bond acceptors (Lipinski definition) is 5. The Balaban J connectivity index is 1.87. The highest BCUT2D eigenvalue weighted by molar-refractivity contribution is 4.88. The predicted molar refractivity (Wildman–Crippen MR) is 79.4 cm³/mol. The predicted octanol–water partition coefficient (Wildman–Crippen LogP) is 2.23. The fraction of sp³-hybridized carbons (Fsp3) is 0.867. The normalized spacial score (nSPS) is 19.4. The van der Waals surface area contributed by atoms with E-state index in [-0.39, 0.29) is 0 Å². The zero-order valence-electron chi connectivity index (χ0n) is 13.1. The number of nitrogens with zero attached hydrogens (tertiary/aromatic N) is 3. The molecule has 114 valence electrons. The summed E-state index contributed by atoms with van der Waals surface area (Å²) in [4.78, 5) is 6.93. The summed E-state index contributed by atoms with van der Waals surface area (Å²) >= 11 is 0. The van der Waals surface area contributed by atoms with E-state index in [1.54, 1.807) is 0 Å². The number of aromatic nitrogens is 2. The van der Waals surface area contributed by atoms with Gasteiger partial charge in [0.2, 0.25) is 5.89 Å². The Morgan fingerprint density at radius 3 is 2.95 bits per heavy atom. The number of nitrogens with one attached hydrogen (secondary N) is 1. The third-order valence-electron chi connectivity index (χ3n) is 3.64. The molecule has 1 aliphatic rings. The molecule has 1 atom stereocenters. The molecular formula is C15H28N4O. The van der Waals surface area contributed by atoms with Crippen LogP contribution in [-0.2, 0) is 13.0 Å². The lowest BCUT2D eigenvalue weighted by molar-refractivity contribution is 0.209. The molecule has 1 unspecified atom stereocenters. The zero-order valence-corrected chi connectivity index (χ0v) is 13.1. The van der Waals surface area contributed by atoms with Gasteiger partial charge in [-0.2, -0.15) is 4.98 Å². The van der Waals surface area contributed by atoms with Crippen molar-refractivity contribution in [3.63, 3.8) is 0 Å². The summed E-state index contributed by atoms with van der Waals surface area (Å²) in [5, 5.41) is 7.63. The first kappa shape index (κ1) is 15.4. The van der Waals surface area contributed by atoms with E-state index in [2.05, 4.69) is 41.1 Å². The lowest BCUT2D eigenvalue weighted by atomic mass is 10.1. The highest BCUT2D eigenvalue weighted by atomic mass is 16.5. The SMILES string of the molecule is CCCN(Cc1nc(CC(C)C)no1)CC1CCCN1. The summed E-state index contributed by atoms with van der Waals surface area (Å²) in [6.07, 6.45) is 4.62. The second-order valence-electron chi connectivity index (χ2n) is 6.23. The Labute approximate surface area is 122 Å². The van der Waals surface area contributed by atoms with Crippen LogP contribution < -0.4 is 5.32 Å². The van der Waals surface area contributed by atoms with Crippen LogP contribution in [0.15, 0.2) is 4.52 Å². The molecule has 0 bridgehead atoms. The lowest BCUT2D eigenvalue weighted by Gasteiger charge is -2.23. The molecular weight excluding hydrogens is 252 g/mol. The molecule has 0 radical (unpaired) electrons. The molecule has 1 N–H and O–H groups in total. The minimum Gasteiger partial charge on any atom is -0.338 e. The molecule has 0 aliphatic carbocycles. The van der Waals surface area contributed by atoms with Crippen molar-refractivity contribution in [3.05, 3.63) is 11.7 Å². The first-order chi connectivity index (χ1) is 9.67. The fourth-order valence-electron chi connectivity index (χ4n) is 2.77. The highest BCUT2D eigenvalue weighted by Gasteiger charge is 2.19. The average Bonchev–Trinajstić information content (AvgIpc) is 3.01. The van der Waals surface area contributed by atoms with Crippen molar-refractivity contribution < 1.29 is 4.52 Å². The molecule has 1 aromatic rings. The van der Waals surface area contributed by atoms with Crippen molar-refractivity contribution in [3.8, 4) is 0 Å². The van der Waals surface area contributed by atoms with E-state index in [0.29, 0.717) is 12.0 Å². The molecule has 1 aliphatic heterocycles. The topological polar surface area (TPSA) is 54.2 Å². The van der Waals surface area contributed by atoms with Crippen LogP contribution in [0.2, 0.25) is 0 Å². The van der Waals surface area contributed by atoms with Crippen molar-refractivity contribution >= 4 is 0 Å². The third-order valence-corrected chi connectivity index (χ3v) is 3.64. The van der Waals surface area contributed by atoms with Gasteiger partial charge in [-0.1, -0.05) is 25.9 Å². The molecule has 1 saturated heterocycles.